The van der Waals surface area contributed by atoms with Gasteiger partial charge in [0.15, 0.2) is 6.61 Å². The maximum atomic E-state index is 12.5. The molecule has 0 bridgehead atoms. The molecule has 1 amide bonds. The van der Waals surface area contributed by atoms with E-state index >= 15 is 0 Å². The molecule has 1 aliphatic rings. The number of non-ortho nitro benzene ring substituents is 1. The van der Waals surface area contributed by atoms with Crippen molar-refractivity contribution in [1.29, 1.82) is 0 Å². The molecule has 176 valence electrons. The normalized spacial score (nSPS) is 13.5. The highest BCUT2D eigenvalue weighted by Gasteiger charge is 2.23. The minimum Gasteiger partial charge on any atom is -0.494 e. The van der Waals surface area contributed by atoms with Crippen molar-refractivity contribution in [3.05, 3.63) is 64.2 Å². The number of carbonyl (C=O) groups excluding carboxylic acids is 2. The number of nitro groups is 1. The van der Waals surface area contributed by atoms with Gasteiger partial charge in [-0.2, -0.15) is 0 Å². The average Bonchev–Trinajstić information content (AvgIpc) is 2.85. The van der Waals surface area contributed by atoms with Crippen LogP contribution in [0.3, 0.4) is 0 Å². The summed E-state index contributed by atoms with van der Waals surface area (Å²) in [5.41, 5.74) is 1.28. The number of hydrogen-bond acceptors (Lipinski definition) is 7. The van der Waals surface area contributed by atoms with Gasteiger partial charge in [-0.1, -0.05) is 19.8 Å². The third-order valence-electron chi connectivity index (χ3n) is 5.49. The standard InChI is InChI=1S/C24H29N3O6/c1-2-3-4-17-32-22-11-5-19(6-12-22)24(29)33-18-23(28)26-15-13-25(14-16-26)20-7-9-21(10-8-20)27(30)31/h5-12H,2-4,13-18H2,1H3. The van der Waals surface area contributed by atoms with Crippen LogP contribution in [0, 0.1) is 10.1 Å². The van der Waals surface area contributed by atoms with Crippen LogP contribution in [0.25, 0.3) is 0 Å². The number of amides is 1. The summed E-state index contributed by atoms with van der Waals surface area (Å²) < 4.78 is 10.8. The number of rotatable bonds is 10. The Morgan fingerprint density at radius 1 is 0.970 bits per heavy atom. The van der Waals surface area contributed by atoms with Gasteiger partial charge < -0.3 is 19.3 Å². The molecule has 1 heterocycles. The Kier molecular flexibility index (Phi) is 8.63. The third-order valence-corrected chi connectivity index (χ3v) is 5.49. The van der Waals surface area contributed by atoms with Gasteiger partial charge in [-0.15, -0.1) is 0 Å². The average molecular weight is 456 g/mol. The first-order valence-electron chi connectivity index (χ1n) is 11.1. The summed E-state index contributed by atoms with van der Waals surface area (Å²) in [7, 11) is 0. The lowest BCUT2D eigenvalue weighted by molar-refractivity contribution is -0.384. The van der Waals surface area contributed by atoms with E-state index in [0.717, 1.165) is 24.9 Å². The SMILES string of the molecule is CCCCCOc1ccc(C(=O)OCC(=O)N2CCN(c3ccc([N+](=O)[O-])cc3)CC2)cc1. The largest absolute Gasteiger partial charge is 0.494 e. The van der Waals surface area contributed by atoms with Crippen molar-refractivity contribution in [2.24, 2.45) is 0 Å². The van der Waals surface area contributed by atoms with Gasteiger partial charge >= 0.3 is 5.97 Å². The van der Waals surface area contributed by atoms with E-state index in [1.807, 2.05) is 0 Å². The van der Waals surface area contributed by atoms with Crippen LogP contribution in [0.4, 0.5) is 11.4 Å². The Morgan fingerprint density at radius 3 is 2.24 bits per heavy atom. The number of ether oxygens (including phenoxy) is 2. The highest BCUT2D eigenvalue weighted by molar-refractivity contribution is 5.91. The van der Waals surface area contributed by atoms with Crippen molar-refractivity contribution < 1.29 is 24.0 Å². The molecule has 3 rings (SSSR count). The van der Waals surface area contributed by atoms with Gasteiger partial charge in [-0.3, -0.25) is 14.9 Å². The minimum absolute atomic E-state index is 0.0449. The molecule has 0 unspecified atom stereocenters. The van der Waals surface area contributed by atoms with Gasteiger partial charge in [0.1, 0.15) is 5.75 Å². The number of carbonyl (C=O) groups is 2. The summed E-state index contributed by atoms with van der Waals surface area (Å²) in [6.07, 6.45) is 3.23. The summed E-state index contributed by atoms with van der Waals surface area (Å²) in [6.45, 7) is 4.62. The molecule has 1 aliphatic heterocycles. The van der Waals surface area contributed by atoms with Crippen LogP contribution in [0.5, 0.6) is 5.75 Å². The molecule has 9 heteroatoms. The maximum Gasteiger partial charge on any atom is 0.338 e. The molecule has 9 nitrogen and oxygen atoms in total. The summed E-state index contributed by atoms with van der Waals surface area (Å²) in [4.78, 5) is 38.8. The maximum absolute atomic E-state index is 12.5. The van der Waals surface area contributed by atoms with E-state index in [1.54, 1.807) is 41.3 Å². The molecular weight excluding hydrogens is 426 g/mol. The zero-order chi connectivity index (χ0) is 23.6. The number of piperazine rings is 1. The Bertz CT molecular complexity index is 938. The summed E-state index contributed by atoms with van der Waals surface area (Å²) in [6, 6.07) is 13.1. The van der Waals surface area contributed by atoms with Crippen LogP contribution >= 0.6 is 0 Å². The first kappa shape index (κ1) is 24.0. The molecule has 0 aliphatic carbocycles. The van der Waals surface area contributed by atoms with E-state index in [2.05, 4.69) is 11.8 Å². The van der Waals surface area contributed by atoms with E-state index in [4.69, 9.17) is 9.47 Å². The monoisotopic (exact) mass is 455 g/mol. The van der Waals surface area contributed by atoms with Crippen molar-refractivity contribution in [2.75, 3.05) is 44.3 Å². The second-order valence-electron chi connectivity index (χ2n) is 7.80. The van der Waals surface area contributed by atoms with Gasteiger partial charge in [0.05, 0.1) is 17.1 Å². The van der Waals surface area contributed by atoms with Gasteiger partial charge in [0.25, 0.3) is 11.6 Å². The fourth-order valence-electron chi connectivity index (χ4n) is 3.53. The zero-order valence-corrected chi connectivity index (χ0v) is 18.8. The van der Waals surface area contributed by atoms with Crippen molar-refractivity contribution in [2.45, 2.75) is 26.2 Å². The van der Waals surface area contributed by atoms with E-state index in [9.17, 15) is 19.7 Å². The number of esters is 1. The molecular formula is C24H29N3O6. The number of unbranched alkanes of at least 4 members (excludes halogenated alkanes) is 2. The molecule has 1 fully saturated rings. The van der Waals surface area contributed by atoms with Crippen LogP contribution in [-0.2, 0) is 9.53 Å². The number of anilines is 1. The Balaban J connectivity index is 1.41. The zero-order valence-electron chi connectivity index (χ0n) is 18.8. The molecule has 0 saturated carbocycles. The van der Waals surface area contributed by atoms with Crippen molar-refractivity contribution in [3.63, 3.8) is 0 Å². The molecule has 1 saturated heterocycles. The lowest BCUT2D eigenvalue weighted by Crippen LogP contribution is -2.49. The predicted octanol–water partition coefficient (Wildman–Crippen LogP) is 3.67. The first-order valence-corrected chi connectivity index (χ1v) is 11.1. The summed E-state index contributed by atoms with van der Waals surface area (Å²) >= 11 is 0. The number of benzene rings is 2. The first-order chi connectivity index (χ1) is 16.0. The topological polar surface area (TPSA) is 102 Å². The smallest absolute Gasteiger partial charge is 0.338 e. The van der Waals surface area contributed by atoms with Crippen molar-refractivity contribution in [1.82, 2.24) is 4.90 Å². The van der Waals surface area contributed by atoms with Crippen LogP contribution < -0.4 is 9.64 Å². The lowest BCUT2D eigenvalue weighted by Gasteiger charge is -2.36. The Hall–Kier alpha value is -3.62. The predicted molar refractivity (Wildman–Crippen MR) is 124 cm³/mol. The van der Waals surface area contributed by atoms with Crippen LogP contribution in [0.2, 0.25) is 0 Å². The fraction of sp³-hybridized carbons (Fsp3) is 0.417. The Morgan fingerprint density at radius 2 is 1.64 bits per heavy atom. The van der Waals surface area contributed by atoms with E-state index in [1.165, 1.54) is 12.1 Å². The number of nitro benzene ring substituents is 1. The second kappa shape index (κ2) is 11.8. The van der Waals surface area contributed by atoms with Gasteiger partial charge in [0, 0.05) is 44.0 Å². The molecule has 33 heavy (non-hydrogen) atoms. The summed E-state index contributed by atoms with van der Waals surface area (Å²) in [5, 5.41) is 10.8. The molecule has 0 aromatic heterocycles. The Labute approximate surface area is 193 Å². The molecule has 2 aromatic rings. The van der Waals surface area contributed by atoms with Gasteiger partial charge in [-0.25, -0.2) is 4.79 Å². The molecule has 0 radical (unpaired) electrons. The molecule has 2 aromatic carbocycles. The highest BCUT2D eigenvalue weighted by Crippen LogP contribution is 2.21. The van der Waals surface area contributed by atoms with Gasteiger partial charge in [0.2, 0.25) is 0 Å². The number of hydrogen-bond donors (Lipinski definition) is 0. The lowest BCUT2D eigenvalue weighted by atomic mass is 10.2. The van der Waals surface area contributed by atoms with E-state index < -0.39 is 10.9 Å². The van der Waals surface area contributed by atoms with Gasteiger partial charge in [-0.05, 0) is 42.8 Å². The minimum atomic E-state index is -0.551. The number of nitrogens with zero attached hydrogens (tertiary/aromatic N) is 3. The molecule has 0 atom stereocenters. The molecule has 0 spiro atoms. The fourth-order valence-corrected chi connectivity index (χ4v) is 3.53. The second-order valence-corrected chi connectivity index (χ2v) is 7.80. The quantitative estimate of drug-likeness (QED) is 0.233. The van der Waals surface area contributed by atoms with Crippen LogP contribution in [0.15, 0.2) is 48.5 Å². The van der Waals surface area contributed by atoms with Crippen molar-refractivity contribution in [3.8, 4) is 5.75 Å². The highest BCUT2D eigenvalue weighted by atomic mass is 16.6. The van der Waals surface area contributed by atoms with Crippen LogP contribution in [-0.4, -0.2) is 61.1 Å². The van der Waals surface area contributed by atoms with E-state index in [-0.39, 0.29) is 18.2 Å². The van der Waals surface area contributed by atoms with Crippen molar-refractivity contribution >= 4 is 23.3 Å². The van der Waals surface area contributed by atoms with Crippen LogP contribution in [0.1, 0.15) is 36.5 Å². The third kappa shape index (κ3) is 6.93. The summed E-state index contributed by atoms with van der Waals surface area (Å²) in [5.74, 6) is -0.0994. The van der Waals surface area contributed by atoms with E-state index in [0.29, 0.717) is 44.1 Å². The molecule has 0 N–H and O–H groups in total.